The first kappa shape index (κ1) is 21.1. The molecule has 0 saturated heterocycles. The summed E-state index contributed by atoms with van der Waals surface area (Å²) >= 11 is 3.53. The van der Waals surface area contributed by atoms with Crippen molar-refractivity contribution in [2.45, 2.75) is 26.7 Å². The van der Waals surface area contributed by atoms with Crippen LogP contribution in [0.15, 0.2) is 40.9 Å². The van der Waals surface area contributed by atoms with Crippen LogP contribution >= 0.6 is 15.9 Å². The van der Waals surface area contributed by atoms with Crippen molar-refractivity contribution >= 4 is 33.2 Å². The van der Waals surface area contributed by atoms with Crippen LogP contribution in [-0.4, -0.2) is 33.2 Å². The Kier molecular flexibility index (Phi) is 7.98. The van der Waals surface area contributed by atoms with Gasteiger partial charge in [-0.3, -0.25) is 4.79 Å². The van der Waals surface area contributed by atoms with Crippen LogP contribution in [0.3, 0.4) is 0 Å². The van der Waals surface area contributed by atoms with Crippen LogP contribution in [0.4, 0.5) is 11.4 Å². The second-order valence-electron chi connectivity index (χ2n) is 6.07. The molecule has 1 N–H and O–H groups in total. The second kappa shape index (κ2) is 10.2. The number of anilines is 2. The third-order valence-corrected chi connectivity index (χ3v) is 5.19. The van der Waals surface area contributed by atoms with E-state index in [4.69, 9.17) is 9.47 Å². The number of hydrogen-bond acceptors (Lipinski definition) is 4. The number of halogens is 1. The number of nitrogens with zero attached hydrogens (tertiary/aromatic N) is 1. The minimum atomic E-state index is -0.0210. The third kappa shape index (κ3) is 5.63. The van der Waals surface area contributed by atoms with E-state index in [2.05, 4.69) is 40.0 Å². The Morgan fingerprint density at radius 1 is 1.04 bits per heavy atom. The maximum atomic E-state index is 12.3. The molecule has 0 heterocycles. The first-order chi connectivity index (χ1) is 13.0. The molecule has 2 aromatic rings. The van der Waals surface area contributed by atoms with Crippen LogP contribution in [0.25, 0.3) is 0 Å². The Hall–Kier alpha value is -2.21. The van der Waals surface area contributed by atoms with Crippen molar-refractivity contribution in [1.29, 1.82) is 0 Å². The largest absolute Gasteiger partial charge is 0.493 e. The molecule has 0 fully saturated rings. The fourth-order valence-electron chi connectivity index (χ4n) is 2.90. The Morgan fingerprint density at radius 2 is 1.63 bits per heavy atom. The minimum absolute atomic E-state index is 0.0210. The molecule has 0 unspecified atom stereocenters. The van der Waals surface area contributed by atoms with E-state index >= 15 is 0 Å². The predicted octanol–water partition coefficient (Wildman–Crippen LogP) is 4.88. The van der Waals surface area contributed by atoms with Crippen molar-refractivity contribution in [3.8, 4) is 11.5 Å². The van der Waals surface area contributed by atoms with Crippen LogP contribution in [0, 0.1) is 0 Å². The molecular formula is C21H27BrN2O3. The number of aryl methyl sites for hydroxylation is 1. The van der Waals surface area contributed by atoms with Gasteiger partial charge in [-0.1, -0.05) is 15.9 Å². The number of carbonyl (C=O) groups excluding carboxylic acids is 1. The monoisotopic (exact) mass is 434 g/mol. The standard InChI is InChI=1S/C21H27BrN2O3/c1-5-24(6-2)17-10-8-16(9-11-17)23-21(25)12-7-15-13-19(26-3)20(27-4)14-18(15)22/h8-11,13-14H,5-7,12H2,1-4H3,(H,23,25). The molecule has 1 amide bonds. The van der Waals surface area contributed by atoms with Gasteiger partial charge in [0.1, 0.15) is 0 Å². The molecule has 0 aliphatic rings. The van der Waals surface area contributed by atoms with Crippen LogP contribution in [-0.2, 0) is 11.2 Å². The summed E-state index contributed by atoms with van der Waals surface area (Å²) in [6, 6.07) is 11.7. The van der Waals surface area contributed by atoms with E-state index in [1.54, 1.807) is 14.2 Å². The summed E-state index contributed by atoms with van der Waals surface area (Å²) in [4.78, 5) is 14.6. The lowest BCUT2D eigenvalue weighted by atomic mass is 10.1. The molecule has 0 aliphatic carbocycles. The number of benzene rings is 2. The lowest BCUT2D eigenvalue weighted by molar-refractivity contribution is -0.116. The highest BCUT2D eigenvalue weighted by Gasteiger charge is 2.11. The van der Waals surface area contributed by atoms with Crippen molar-refractivity contribution in [2.24, 2.45) is 0 Å². The SMILES string of the molecule is CCN(CC)c1ccc(NC(=O)CCc2cc(OC)c(OC)cc2Br)cc1. The molecule has 6 heteroatoms. The van der Waals surface area contributed by atoms with Gasteiger partial charge < -0.3 is 19.7 Å². The van der Waals surface area contributed by atoms with Gasteiger partial charge in [-0.15, -0.1) is 0 Å². The highest BCUT2D eigenvalue weighted by molar-refractivity contribution is 9.10. The molecule has 0 saturated carbocycles. The maximum absolute atomic E-state index is 12.3. The van der Waals surface area contributed by atoms with Gasteiger partial charge in [0.2, 0.25) is 5.91 Å². The molecule has 2 rings (SSSR count). The molecule has 0 bridgehead atoms. The quantitative estimate of drug-likeness (QED) is 0.610. The summed E-state index contributed by atoms with van der Waals surface area (Å²) in [7, 11) is 3.20. The summed E-state index contributed by atoms with van der Waals surface area (Å²) in [6.45, 7) is 6.18. The zero-order valence-electron chi connectivity index (χ0n) is 16.3. The average Bonchev–Trinajstić information content (AvgIpc) is 2.69. The van der Waals surface area contributed by atoms with E-state index in [1.807, 2.05) is 36.4 Å². The van der Waals surface area contributed by atoms with Gasteiger partial charge in [0.25, 0.3) is 0 Å². The summed E-state index contributed by atoms with van der Waals surface area (Å²) < 4.78 is 11.5. The number of nitrogens with one attached hydrogen (secondary N) is 1. The topological polar surface area (TPSA) is 50.8 Å². The molecule has 5 nitrogen and oxygen atoms in total. The van der Waals surface area contributed by atoms with Gasteiger partial charge in [-0.2, -0.15) is 0 Å². The molecule has 0 spiro atoms. The van der Waals surface area contributed by atoms with Gasteiger partial charge in [0, 0.05) is 35.4 Å². The summed E-state index contributed by atoms with van der Waals surface area (Å²) in [5.41, 5.74) is 2.97. The van der Waals surface area contributed by atoms with E-state index in [0.29, 0.717) is 24.3 Å². The van der Waals surface area contributed by atoms with Crippen LogP contribution < -0.4 is 19.7 Å². The van der Waals surface area contributed by atoms with Gasteiger partial charge >= 0.3 is 0 Å². The zero-order valence-corrected chi connectivity index (χ0v) is 17.9. The zero-order chi connectivity index (χ0) is 19.8. The molecular weight excluding hydrogens is 408 g/mol. The lowest BCUT2D eigenvalue weighted by Crippen LogP contribution is -2.21. The van der Waals surface area contributed by atoms with Crippen molar-refractivity contribution < 1.29 is 14.3 Å². The second-order valence-corrected chi connectivity index (χ2v) is 6.92. The fraction of sp³-hybridized carbons (Fsp3) is 0.381. The van der Waals surface area contributed by atoms with E-state index in [1.165, 1.54) is 0 Å². The average molecular weight is 435 g/mol. The number of amides is 1. The van der Waals surface area contributed by atoms with Gasteiger partial charge in [0.15, 0.2) is 11.5 Å². The summed E-state index contributed by atoms with van der Waals surface area (Å²) in [5.74, 6) is 1.29. The van der Waals surface area contributed by atoms with Crippen LogP contribution in [0.2, 0.25) is 0 Å². The molecule has 0 aromatic heterocycles. The molecule has 146 valence electrons. The lowest BCUT2D eigenvalue weighted by Gasteiger charge is -2.21. The van der Waals surface area contributed by atoms with Crippen molar-refractivity contribution in [1.82, 2.24) is 0 Å². The Morgan fingerprint density at radius 3 is 2.19 bits per heavy atom. The van der Waals surface area contributed by atoms with Crippen molar-refractivity contribution in [3.63, 3.8) is 0 Å². The Labute approximate surface area is 169 Å². The van der Waals surface area contributed by atoms with E-state index in [9.17, 15) is 4.79 Å². The maximum Gasteiger partial charge on any atom is 0.224 e. The molecule has 0 radical (unpaired) electrons. The van der Waals surface area contributed by atoms with Crippen LogP contribution in [0.1, 0.15) is 25.8 Å². The number of ether oxygens (including phenoxy) is 2. The summed E-state index contributed by atoms with van der Waals surface area (Å²) in [6.07, 6.45) is 0.982. The first-order valence-corrected chi connectivity index (χ1v) is 9.86. The number of hydrogen-bond donors (Lipinski definition) is 1. The van der Waals surface area contributed by atoms with Gasteiger partial charge in [-0.25, -0.2) is 0 Å². The normalized spacial score (nSPS) is 10.4. The highest BCUT2D eigenvalue weighted by Crippen LogP contribution is 2.33. The van der Waals surface area contributed by atoms with E-state index < -0.39 is 0 Å². The van der Waals surface area contributed by atoms with Gasteiger partial charge in [-0.05, 0) is 62.2 Å². The van der Waals surface area contributed by atoms with Crippen molar-refractivity contribution in [2.75, 3.05) is 37.5 Å². The molecule has 0 aliphatic heterocycles. The predicted molar refractivity (Wildman–Crippen MR) is 114 cm³/mol. The minimum Gasteiger partial charge on any atom is -0.493 e. The number of methoxy groups -OCH3 is 2. The number of carbonyl (C=O) groups is 1. The summed E-state index contributed by atoms with van der Waals surface area (Å²) in [5, 5.41) is 2.96. The number of rotatable bonds is 9. The van der Waals surface area contributed by atoms with E-state index in [-0.39, 0.29) is 5.91 Å². The Bertz CT molecular complexity index is 759. The first-order valence-electron chi connectivity index (χ1n) is 9.07. The highest BCUT2D eigenvalue weighted by atomic mass is 79.9. The molecule has 2 aromatic carbocycles. The third-order valence-electron chi connectivity index (χ3n) is 4.45. The van der Waals surface area contributed by atoms with Crippen molar-refractivity contribution in [3.05, 3.63) is 46.4 Å². The fourth-order valence-corrected chi connectivity index (χ4v) is 3.42. The smallest absolute Gasteiger partial charge is 0.224 e. The molecule has 0 atom stereocenters. The molecule has 27 heavy (non-hydrogen) atoms. The van der Waals surface area contributed by atoms with Gasteiger partial charge in [0.05, 0.1) is 14.2 Å². The Balaban J connectivity index is 1.96. The van der Waals surface area contributed by atoms with Crippen LogP contribution in [0.5, 0.6) is 11.5 Å². The van der Waals surface area contributed by atoms with E-state index in [0.717, 1.165) is 34.5 Å².